The molecular weight excluding hydrogens is 488 g/mol. The molecule has 3 heterocycles. The highest BCUT2D eigenvalue weighted by molar-refractivity contribution is 6.31. The van der Waals surface area contributed by atoms with Gasteiger partial charge in [-0.15, -0.1) is 0 Å². The second-order valence-corrected chi connectivity index (χ2v) is 10.0. The monoisotopic (exact) mass is 513 g/mol. The van der Waals surface area contributed by atoms with Gasteiger partial charge in [0.25, 0.3) is 5.91 Å². The Balaban J connectivity index is 1.23. The molecule has 1 spiro atoms. The smallest absolute Gasteiger partial charge is 0.258 e. The van der Waals surface area contributed by atoms with Crippen molar-refractivity contribution in [1.82, 2.24) is 9.88 Å². The molecule has 0 aliphatic carbocycles. The van der Waals surface area contributed by atoms with Gasteiger partial charge in [0.15, 0.2) is 0 Å². The van der Waals surface area contributed by atoms with Crippen LogP contribution in [0.1, 0.15) is 35.2 Å². The number of aromatic nitrogens is 1. The normalized spacial score (nSPS) is 16.9. The van der Waals surface area contributed by atoms with Gasteiger partial charge in [-0.05, 0) is 92.5 Å². The summed E-state index contributed by atoms with van der Waals surface area (Å²) >= 11 is 12.4. The van der Waals surface area contributed by atoms with E-state index in [2.05, 4.69) is 9.88 Å². The molecule has 1 saturated heterocycles. The quantitative estimate of drug-likeness (QED) is 0.300. The van der Waals surface area contributed by atoms with Crippen LogP contribution in [0.25, 0.3) is 0 Å². The van der Waals surface area contributed by atoms with E-state index >= 15 is 0 Å². The molecule has 2 aromatic carbocycles. The average molecular weight is 514 g/mol. The summed E-state index contributed by atoms with van der Waals surface area (Å²) < 4.78 is 18.8. The number of carbonyl (C=O) groups excluding carboxylic acids is 1. The SMILES string of the molecule is O=C(c1ccnc(Cl)c1)N1CC2(CCN(CCCOc3ccc(F)cc3)CC2)c2cc(Cl)ccc21. The third-order valence-electron chi connectivity index (χ3n) is 7.01. The minimum Gasteiger partial charge on any atom is -0.494 e. The molecule has 5 rings (SSSR count). The van der Waals surface area contributed by atoms with Crippen molar-refractivity contribution in [2.45, 2.75) is 24.7 Å². The van der Waals surface area contributed by atoms with Crippen molar-refractivity contribution in [2.75, 3.05) is 37.7 Å². The van der Waals surface area contributed by atoms with Crippen molar-refractivity contribution in [3.63, 3.8) is 0 Å². The number of pyridine rings is 1. The number of ether oxygens (including phenoxy) is 1. The lowest BCUT2D eigenvalue weighted by molar-refractivity contribution is 0.0975. The summed E-state index contributed by atoms with van der Waals surface area (Å²) in [6.45, 7) is 4.01. The topological polar surface area (TPSA) is 45.7 Å². The molecular formula is C27H26Cl2FN3O2. The van der Waals surface area contributed by atoms with Crippen molar-refractivity contribution < 1.29 is 13.9 Å². The molecule has 0 saturated carbocycles. The molecule has 1 amide bonds. The first-order valence-corrected chi connectivity index (χ1v) is 12.5. The average Bonchev–Trinajstić information content (AvgIpc) is 3.16. The molecule has 8 heteroatoms. The standard InChI is InChI=1S/C27H26Cl2FN3O2/c28-20-2-7-24-23(17-20)27(18-33(24)26(34)19-8-11-31-25(29)16-19)9-13-32(14-10-27)12-1-15-35-22-5-3-21(30)4-6-22/h2-8,11,16-17H,1,9-10,12-15,18H2. The molecule has 0 radical (unpaired) electrons. The minimum absolute atomic E-state index is 0.0740. The molecule has 2 aliphatic heterocycles. The van der Waals surface area contributed by atoms with Crippen LogP contribution in [0.4, 0.5) is 10.1 Å². The lowest BCUT2D eigenvalue weighted by atomic mass is 9.74. The Morgan fingerprint density at radius 2 is 1.83 bits per heavy atom. The molecule has 1 fully saturated rings. The van der Waals surface area contributed by atoms with E-state index in [4.69, 9.17) is 27.9 Å². The molecule has 0 atom stereocenters. The van der Waals surface area contributed by atoms with Crippen LogP contribution in [-0.2, 0) is 5.41 Å². The molecule has 0 bridgehead atoms. The van der Waals surface area contributed by atoms with E-state index < -0.39 is 0 Å². The lowest BCUT2D eigenvalue weighted by Crippen LogP contribution is -2.46. The third-order valence-corrected chi connectivity index (χ3v) is 7.46. The number of nitrogens with zero attached hydrogens (tertiary/aromatic N) is 3. The maximum atomic E-state index is 13.4. The Labute approximate surface area is 214 Å². The fraction of sp³-hybridized carbons (Fsp3) is 0.333. The highest BCUT2D eigenvalue weighted by Gasteiger charge is 2.46. The van der Waals surface area contributed by atoms with Gasteiger partial charge in [0, 0.05) is 41.0 Å². The van der Waals surface area contributed by atoms with E-state index in [0.717, 1.165) is 50.1 Å². The van der Waals surface area contributed by atoms with Gasteiger partial charge >= 0.3 is 0 Å². The largest absolute Gasteiger partial charge is 0.494 e. The minimum atomic E-state index is -0.265. The van der Waals surface area contributed by atoms with E-state index in [-0.39, 0.29) is 17.1 Å². The summed E-state index contributed by atoms with van der Waals surface area (Å²) in [5.74, 6) is 0.345. The maximum Gasteiger partial charge on any atom is 0.258 e. The number of hydrogen-bond donors (Lipinski definition) is 0. The van der Waals surface area contributed by atoms with Crippen LogP contribution in [0.2, 0.25) is 10.2 Å². The first-order chi connectivity index (χ1) is 16.9. The molecule has 0 N–H and O–H groups in total. The number of fused-ring (bicyclic) bond motifs is 2. The van der Waals surface area contributed by atoms with Crippen LogP contribution in [0.3, 0.4) is 0 Å². The van der Waals surface area contributed by atoms with Crippen LogP contribution in [0, 0.1) is 5.82 Å². The van der Waals surface area contributed by atoms with Crippen LogP contribution in [-0.4, -0.2) is 48.6 Å². The first kappa shape index (κ1) is 24.0. The molecule has 2 aliphatic rings. The Bertz CT molecular complexity index is 1210. The molecule has 182 valence electrons. The summed E-state index contributed by atoms with van der Waals surface area (Å²) in [7, 11) is 0. The fourth-order valence-corrected chi connectivity index (χ4v) is 5.50. The van der Waals surface area contributed by atoms with Crippen LogP contribution < -0.4 is 9.64 Å². The zero-order chi connectivity index (χ0) is 24.4. The van der Waals surface area contributed by atoms with Crippen LogP contribution >= 0.6 is 23.2 Å². The predicted octanol–water partition coefficient (Wildman–Crippen LogP) is 5.99. The second kappa shape index (κ2) is 10.1. The summed E-state index contributed by atoms with van der Waals surface area (Å²) in [5.41, 5.74) is 2.49. The highest BCUT2D eigenvalue weighted by atomic mass is 35.5. The van der Waals surface area contributed by atoms with Gasteiger partial charge in [0.2, 0.25) is 0 Å². The fourth-order valence-electron chi connectivity index (χ4n) is 5.16. The van der Waals surface area contributed by atoms with Gasteiger partial charge in [0.05, 0.1) is 6.61 Å². The number of piperidine rings is 1. The lowest BCUT2D eigenvalue weighted by Gasteiger charge is -2.40. The Morgan fingerprint density at radius 1 is 1.06 bits per heavy atom. The van der Waals surface area contributed by atoms with Crippen molar-refractivity contribution in [3.05, 3.63) is 87.9 Å². The Hall–Kier alpha value is -2.67. The van der Waals surface area contributed by atoms with Crippen molar-refractivity contribution in [2.24, 2.45) is 0 Å². The zero-order valence-corrected chi connectivity index (χ0v) is 20.7. The number of benzene rings is 2. The number of hydrogen-bond acceptors (Lipinski definition) is 4. The number of rotatable bonds is 6. The van der Waals surface area contributed by atoms with Crippen LogP contribution in [0.15, 0.2) is 60.8 Å². The molecule has 35 heavy (non-hydrogen) atoms. The number of anilines is 1. The van der Waals surface area contributed by atoms with E-state index in [1.165, 1.54) is 12.1 Å². The first-order valence-electron chi connectivity index (χ1n) is 11.8. The summed E-state index contributed by atoms with van der Waals surface area (Å²) in [4.78, 5) is 21.7. The van der Waals surface area contributed by atoms with Gasteiger partial charge in [-0.1, -0.05) is 23.2 Å². The van der Waals surface area contributed by atoms with Crippen molar-refractivity contribution >= 4 is 34.8 Å². The van der Waals surface area contributed by atoms with Crippen molar-refractivity contribution in [1.29, 1.82) is 0 Å². The summed E-state index contributed by atoms with van der Waals surface area (Å²) in [6, 6.07) is 15.2. The second-order valence-electron chi connectivity index (χ2n) is 9.20. The molecule has 3 aromatic rings. The van der Waals surface area contributed by atoms with Gasteiger partial charge in [0.1, 0.15) is 16.7 Å². The van der Waals surface area contributed by atoms with Gasteiger partial charge in [-0.3, -0.25) is 4.79 Å². The highest BCUT2D eigenvalue weighted by Crippen LogP contribution is 2.48. The third kappa shape index (κ3) is 5.15. The van der Waals surface area contributed by atoms with Gasteiger partial charge in [-0.2, -0.15) is 0 Å². The summed E-state index contributed by atoms with van der Waals surface area (Å²) in [6.07, 6.45) is 4.34. The zero-order valence-electron chi connectivity index (χ0n) is 19.2. The van der Waals surface area contributed by atoms with E-state index in [1.54, 1.807) is 30.5 Å². The Kier molecular flexibility index (Phi) is 6.96. The number of amides is 1. The van der Waals surface area contributed by atoms with E-state index in [1.807, 2.05) is 23.1 Å². The Morgan fingerprint density at radius 3 is 2.57 bits per heavy atom. The number of carbonyl (C=O) groups is 1. The predicted molar refractivity (Wildman–Crippen MR) is 136 cm³/mol. The number of likely N-dealkylation sites (tertiary alicyclic amines) is 1. The molecule has 1 aromatic heterocycles. The number of halogens is 3. The van der Waals surface area contributed by atoms with E-state index in [0.29, 0.717) is 34.6 Å². The summed E-state index contributed by atoms with van der Waals surface area (Å²) in [5, 5.41) is 0.988. The van der Waals surface area contributed by atoms with Crippen LogP contribution in [0.5, 0.6) is 5.75 Å². The van der Waals surface area contributed by atoms with Gasteiger partial charge in [-0.25, -0.2) is 9.37 Å². The van der Waals surface area contributed by atoms with Gasteiger partial charge < -0.3 is 14.5 Å². The molecule has 5 nitrogen and oxygen atoms in total. The maximum absolute atomic E-state index is 13.4. The van der Waals surface area contributed by atoms with Crippen molar-refractivity contribution in [3.8, 4) is 5.75 Å². The van der Waals surface area contributed by atoms with E-state index in [9.17, 15) is 9.18 Å². The molecule has 0 unspecified atom stereocenters.